The van der Waals surface area contributed by atoms with Crippen molar-refractivity contribution in [2.24, 2.45) is 7.05 Å². The summed E-state index contributed by atoms with van der Waals surface area (Å²) in [5, 5.41) is 5.83. The molecule has 3 heterocycles. The van der Waals surface area contributed by atoms with Crippen LogP contribution >= 0.6 is 11.6 Å². The summed E-state index contributed by atoms with van der Waals surface area (Å²) in [7, 11) is 2.02. The van der Waals surface area contributed by atoms with E-state index in [-0.39, 0.29) is 11.3 Å². The Morgan fingerprint density at radius 2 is 2.19 bits per heavy atom. The summed E-state index contributed by atoms with van der Waals surface area (Å²) in [6.45, 7) is 2.16. The molecule has 0 radical (unpaired) electrons. The van der Waals surface area contributed by atoms with Crippen molar-refractivity contribution in [2.45, 2.75) is 6.04 Å². The number of ether oxygens (including phenoxy) is 1. The van der Waals surface area contributed by atoms with Crippen LogP contribution in [0.5, 0.6) is 0 Å². The molecule has 0 aliphatic carbocycles. The maximum Gasteiger partial charge on any atom is 0.223 e. The van der Waals surface area contributed by atoms with Gasteiger partial charge in [0.25, 0.3) is 0 Å². The highest BCUT2D eigenvalue weighted by Gasteiger charge is 2.21. The van der Waals surface area contributed by atoms with Crippen LogP contribution in [0, 0.1) is 0 Å². The Morgan fingerprint density at radius 3 is 3.00 bits per heavy atom. The molecule has 0 bridgehead atoms. The van der Waals surface area contributed by atoms with Gasteiger partial charge in [-0.2, -0.15) is 0 Å². The van der Waals surface area contributed by atoms with Crippen molar-refractivity contribution in [1.29, 1.82) is 0 Å². The lowest BCUT2D eigenvalue weighted by Gasteiger charge is -2.24. The van der Waals surface area contributed by atoms with E-state index in [1.807, 2.05) is 13.2 Å². The maximum absolute atomic E-state index is 6.15. The Kier molecular flexibility index (Phi) is 3.06. The highest BCUT2D eigenvalue weighted by atomic mass is 35.5. The molecule has 5 nitrogen and oxygen atoms in total. The van der Waals surface area contributed by atoms with Crippen LogP contribution in [0.15, 0.2) is 24.4 Å². The first-order valence-electron chi connectivity index (χ1n) is 6.96. The average molecular weight is 303 g/mol. The van der Waals surface area contributed by atoms with Gasteiger partial charge in [0.2, 0.25) is 5.28 Å². The van der Waals surface area contributed by atoms with E-state index in [4.69, 9.17) is 16.3 Å². The number of hydrogen-bond acceptors (Lipinski definition) is 4. The zero-order valence-corrected chi connectivity index (χ0v) is 12.4. The van der Waals surface area contributed by atoms with Gasteiger partial charge >= 0.3 is 0 Å². The van der Waals surface area contributed by atoms with E-state index in [0.717, 1.165) is 40.7 Å². The minimum Gasteiger partial charge on any atom is -0.378 e. The Balaban J connectivity index is 2.00. The minimum absolute atomic E-state index is 0.0583. The number of hydrogen-bond donors (Lipinski definition) is 1. The van der Waals surface area contributed by atoms with Crippen molar-refractivity contribution < 1.29 is 4.74 Å². The van der Waals surface area contributed by atoms with Gasteiger partial charge in [0.15, 0.2) is 0 Å². The third kappa shape index (κ3) is 2.09. The van der Waals surface area contributed by atoms with E-state index in [2.05, 4.69) is 38.1 Å². The number of aryl methyl sites for hydroxylation is 1. The quantitative estimate of drug-likeness (QED) is 0.702. The fourth-order valence-corrected chi connectivity index (χ4v) is 3.12. The topological polar surface area (TPSA) is 52.0 Å². The lowest BCUT2D eigenvalue weighted by atomic mass is 10.1. The van der Waals surface area contributed by atoms with Crippen LogP contribution in [-0.4, -0.2) is 34.3 Å². The summed E-state index contributed by atoms with van der Waals surface area (Å²) in [5.41, 5.74) is 2.95. The number of rotatable bonds is 1. The third-order valence-electron chi connectivity index (χ3n) is 3.98. The average Bonchev–Trinajstić information content (AvgIpc) is 2.89. The molecule has 1 unspecified atom stereocenters. The van der Waals surface area contributed by atoms with Crippen LogP contribution in [0.4, 0.5) is 0 Å². The molecule has 1 fully saturated rings. The molecule has 1 N–H and O–H groups in total. The van der Waals surface area contributed by atoms with Crippen LogP contribution in [0.25, 0.3) is 21.8 Å². The Hall–Kier alpha value is -1.69. The van der Waals surface area contributed by atoms with Crippen molar-refractivity contribution in [3.63, 3.8) is 0 Å². The molecule has 1 saturated heterocycles. The molecule has 0 spiro atoms. The summed E-state index contributed by atoms with van der Waals surface area (Å²) in [6.07, 6.45) is 2.03. The molecular formula is C15H15ClN4O. The molecular weight excluding hydrogens is 288 g/mol. The van der Waals surface area contributed by atoms with Gasteiger partial charge in [0.05, 0.1) is 30.5 Å². The zero-order valence-electron chi connectivity index (χ0n) is 11.6. The number of nitrogens with zero attached hydrogens (tertiary/aromatic N) is 3. The largest absolute Gasteiger partial charge is 0.378 e. The molecule has 1 aliphatic rings. The summed E-state index contributed by atoms with van der Waals surface area (Å²) < 4.78 is 7.62. The summed E-state index contributed by atoms with van der Waals surface area (Å²) in [5.74, 6) is 0. The number of benzene rings is 1. The van der Waals surface area contributed by atoms with E-state index in [1.54, 1.807) is 0 Å². The molecule has 2 aromatic heterocycles. The number of morpholine rings is 1. The molecule has 21 heavy (non-hydrogen) atoms. The Labute approximate surface area is 126 Å². The molecule has 1 atom stereocenters. The van der Waals surface area contributed by atoms with Crippen molar-refractivity contribution in [1.82, 2.24) is 19.9 Å². The minimum atomic E-state index is 0.0583. The summed E-state index contributed by atoms with van der Waals surface area (Å²) in [6, 6.07) is 6.29. The first kappa shape index (κ1) is 13.0. The fourth-order valence-electron chi connectivity index (χ4n) is 2.95. The van der Waals surface area contributed by atoms with Gasteiger partial charge in [-0.25, -0.2) is 9.97 Å². The highest BCUT2D eigenvalue weighted by molar-refractivity contribution is 6.29. The molecule has 108 valence electrons. The number of halogens is 1. The maximum atomic E-state index is 6.15. The monoisotopic (exact) mass is 302 g/mol. The van der Waals surface area contributed by atoms with Gasteiger partial charge in [0.1, 0.15) is 0 Å². The van der Waals surface area contributed by atoms with Gasteiger partial charge in [-0.1, -0.05) is 0 Å². The number of aromatic nitrogens is 3. The smallest absolute Gasteiger partial charge is 0.223 e. The normalized spacial score (nSPS) is 19.4. The lowest BCUT2D eigenvalue weighted by molar-refractivity contribution is 0.0760. The first-order chi connectivity index (χ1) is 10.2. The number of fused-ring (bicyclic) bond motifs is 3. The zero-order chi connectivity index (χ0) is 14.4. The predicted molar refractivity (Wildman–Crippen MR) is 82.6 cm³/mol. The lowest BCUT2D eigenvalue weighted by Crippen LogP contribution is -2.35. The molecule has 0 amide bonds. The second-order valence-electron chi connectivity index (χ2n) is 5.28. The Morgan fingerprint density at radius 1 is 1.29 bits per heavy atom. The molecule has 3 aromatic rings. The predicted octanol–water partition coefficient (Wildman–Crippen LogP) is 2.44. The molecule has 0 saturated carbocycles. The summed E-state index contributed by atoms with van der Waals surface area (Å²) in [4.78, 5) is 8.89. The van der Waals surface area contributed by atoms with Crippen LogP contribution in [0.3, 0.4) is 0 Å². The van der Waals surface area contributed by atoms with Gasteiger partial charge in [0, 0.05) is 36.1 Å². The molecule has 1 aliphatic heterocycles. The molecule has 6 heteroatoms. The van der Waals surface area contributed by atoms with Gasteiger partial charge in [-0.15, -0.1) is 0 Å². The van der Waals surface area contributed by atoms with Gasteiger partial charge in [-0.05, 0) is 29.8 Å². The van der Waals surface area contributed by atoms with Crippen LogP contribution in [0.1, 0.15) is 11.7 Å². The fraction of sp³-hybridized carbons (Fsp3) is 0.333. The van der Waals surface area contributed by atoms with Crippen LogP contribution in [0.2, 0.25) is 5.28 Å². The van der Waals surface area contributed by atoms with Crippen molar-refractivity contribution in [3.8, 4) is 0 Å². The first-order valence-corrected chi connectivity index (χ1v) is 7.34. The summed E-state index contributed by atoms with van der Waals surface area (Å²) >= 11 is 6.15. The molecule has 1 aromatic carbocycles. The third-order valence-corrected chi connectivity index (χ3v) is 4.15. The second kappa shape index (κ2) is 4.94. The van der Waals surface area contributed by atoms with Crippen LogP contribution < -0.4 is 5.32 Å². The second-order valence-corrected chi connectivity index (χ2v) is 5.62. The van der Waals surface area contributed by atoms with E-state index in [0.29, 0.717) is 6.61 Å². The van der Waals surface area contributed by atoms with Crippen molar-refractivity contribution >= 4 is 33.4 Å². The van der Waals surface area contributed by atoms with Crippen LogP contribution in [-0.2, 0) is 11.8 Å². The van der Waals surface area contributed by atoms with Gasteiger partial charge < -0.3 is 14.6 Å². The standard InChI is InChI=1S/C15H15ClN4O/c1-20-6-4-9-12(20)3-2-10-13(9)18-15(16)19-14(10)11-8-21-7-5-17-11/h2-4,6,11,17H,5,7-8H2,1H3. The van der Waals surface area contributed by atoms with E-state index in [9.17, 15) is 0 Å². The highest BCUT2D eigenvalue weighted by Crippen LogP contribution is 2.30. The molecule has 4 rings (SSSR count). The van der Waals surface area contributed by atoms with Crippen molar-refractivity contribution in [3.05, 3.63) is 35.4 Å². The SMILES string of the molecule is Cn1ccc2c3nc(Cl)nc(C4COCCN4)c3ccc21. The van der Waals surface area contributed by atoms with Gasteiger partial charge in [-0.3, -0.25) is 0 Å². The number of nitrogens with one attached hydrogen (secondary N) is 1. The van der Waals surface area contributed by atoms with E-state index >= 15 is 0 Å². The van der Waals surface area contributed by atoms with Crippen molar-refractivity contribution in [2.75, 3.05) is 19.8 Å². The Bertz CT molecular complexity index is 823. The van der Waals surface area contributed by atoms with E-state index < -0.39 is 0 Å². The van der Waals surface area contributed by atoms with E-state index in [1.165, 1.54) is 0 Å².